The maximum Gasteiger partial charge on any atom is 0.221 e. The van der Waals surface area contributed by atoms with Gasteiger partial charge in [-0.2, -0.15) is 0 Å². The Hall–Kier alpha value is -1.40. The van der Waals surface area contributed by atoms with E-state index in [0.717, 1.165) is 17.7 Å². The Labute approximate surface area is 127 Å². The molecule has 0 atom stereocenters. The highest BCUT2D eigenvalue weighted by molar-refractivity contribution is 7.90. The lowest BCUT2D eigenvalue weighted by molar-refractivity contribution is -0.120. The van der Waals surface area contributed by atoms with E-state index >= 15 is 0 Å². The van der Waals surface area contributed by atoms with Crippen molar-refractivity contribution >= 4 is 15.7 Å². The van der Waals surface area contributed by atoms with Crippen LogP contribution in [-0.4, -0.2) is 52.2 Å². The fraction of sp³-hybridized carbons (Fsp3) is 0.533. The largest absolute Gasteiger partial charge is 0.355 e. The number of carbonyl (C=O) groups is 1. The number of aryl methyl sites for hydroxylation is 1. The number of hydrogen-bond donors (Lipinski definition) is 1. The average Bonchev–Trinajstić information content (AvgIpc) is 2.39. The lowest BCUT2D eigenvalue weighted by Crippen LogP contribution is -2.32. The SMILES string of the molecule is Cc1ccc(CS(=O)(=O)CCC(=O)NCCN(C)C)cc1. The zero-order chi connectivity index (χ0) is 15.9. The van der Waals surface area contributed by atoms with Crippen molar-refractivity contribution in [3.05, 3.63) is 35.4 Å². The number of carbonyl (C=O) groups excluding carboxylic acids is 1. The van der Waals surface area contributed by atoms with Gasteiger partial charge in [-0.3, -0.25) is 4.79 Å². The number of amides is 1. The van der Waals surface area contributed by atoms with Crippen LogP contribution in [0.15, 0.2) is 24.3 Å². The zero-order valence-electron chi connectivity index (χ0n) is 12.9. The second kappa shape index (κ2) is 8.14. The van der Waals surface area contributed by atoms with Crippen molar-refractivity contribution in [2.24, 2.45) is 0 Å². The molecule has 6 heteroatoms. The molecule has 0 aliphatic heterocycles. The van der Waals surface area contributed by atoms with Gasteiger partial charge in [-0.15, -0.1) is 0 Å². The Balaban J connectivity index is 2.39. The first-order valence-corrected chi connectivity index (χ1v) is 8.78. The van der Waals surface area contributed by atoms with Crippen molar-refractivity contribution in [2.45, 2.75) is 19.1 Å². The van der Waals surface area contributed by atoms with Gasteiger partial charge in [0.15, 0.2) is 9.84 Å². The molecule has 0 saturated carbocycles. The lowest BCUT2D eigenvalue weighted by Gasteiger charge is -2.10. The van der Waals surface area contributed by atoms with Crippen LogP contribution in [0, 0.1) is 6.92 Å². The van der Waals surface area contributed by atoms with Crippen LogP contribution in [0.4, 0.5) is 0 Å². The summed E-state index contributed by atoms with van der Waals surface area (Å²) in [5, 5.41) is 2.71. The Bertz CT molecular complexity index is 551. The van der Waals surface area contributed by atoms with Gasteiger partial charge in [0.2, 0.25) is 5.91 Å². The van der Waals surface area contributed by atoms with Crippen LogP contribution in [0.3, 0.4) is 0 Å². The second-order valence-electron chi connectivity index (χ2n) is 5.48. The van der Waals surface area contributed by atoms with Gasteiger partial charge in [0.1, 0.15) is 0 Å². The van der Waals surface area contributed by atoms with Crippen molar-refractivity contribution < 1.29 is 13.2 Å². The fourth-order valence-corrected chi connectivity index (χ4v) is 3.11. The molecule has 0 heterocycles. The van der Waals surface area contributed by atoms with Crippen LogP contribution in [0.25, 0.3) is 0 Å². The van der Waals surface area contributed by atoms with E-state index in [4.69, 9.17) is 0 Å². The zero-order valence-corrected chi connectivity index (χ0v) is 13.7. The molecular weight excluding hydrogens is 288 g/mol. The molecule has 118 valence electrons. The van der Waals surface area contributed by atoms with Crippen LogP contribution in [-0.2, 0) is 20.4 Å². The molecule has 1 aromatic rings. The number of benzene rings is 1. The summed E-state index contributed by atoms with van der Waals surface area (Å²) in [6, 6.07) is 7.39. The molecule has 0 aliphatic rings. The monoisotopic (exact) mass is 312 g/mol. The third kappa shape index (κ3) is 7.82. The van der Waals surface area contributed by atoms with Crippen molar-refractivity contribution in [2.75, 3.05) is 32.9 Å². The predicted molar refractivity (Wildman–Crippen MR) is 84.9 cm³/mol. The molecule has 1 aromatic carbocycles. The number of hydrogen-bond acceptors (Lipinski definition) is 4. The van der Waals surface area contributed by atoms with Crippen LogP contribution >= 0.6 is 0 Å². The summed E-state index contributed by atoms with van der Waals surface area (Å²) in [5.74, 6) is -0.350. The first kappa shape index (κ1) is 17.7. The molecule has 0 bridgehead atoms. The normalized spacial score (nSPS) is 11.6. The van der Waals surface area contributed by atoms with E-state index < -0.39 is 9.84 Å². The minimum Gasteiger partial charge on any atom is -0.355 e. The van der Waals surface area contributed by atoms with Gasteiger partial charge in [-0.1, -0.05) is 29.8 Å². The molecule has 0 saturated heterocycles. The fourth-order valence-electron chi connectivity index (χ4n) is 1.77. The quantitative estimate of drug-likeness (QED) is 0.777. The molecule has 21 heavy (non-hydrogen) atoms. The second-order valence-corrected chi connectivity index (χ2v) is 7.66. The van der Waals surface area contributed by atoms with E-state index in [9.17, 15) is 13.2 Å². The van der Waals surface area contributed by atoms with Crippen molar-refractivity contribution in [3.63, 3.8) is 0 Å². The van der Waals surface area contributed by atoms with Crippen LogP contribution in [0.5, 0.6) is 0 Å². The van der Waals surface area contributed by atoms with Crippen molar-refractivity contribution in [1.82, 2.24) is 10.2 Å². The highest BCUT2D eigenvalue weighted by Crippen LogP contribution is 2.09. The number of nitrogens with one attached hydrogen (secondary N) is 1. The molecule has 1 N–H and O–H groups in total. The topological polar surface area (TPSA) is 66.5 Å². The smallest absolute Gasteiger partial charge is 0.221 e. The van der Waals surface area contributed by atoms with Gasteiger partial charge in [-0.25, -0.2) is 8.42 Å². The van der Waals surface area contributed by atoms with Gasteiger partial charge in [0.25, 0.3) is 0 Å². The lowest BCUT2D eigenvalue weighted by atomic mass is 10.2. The summed E-state index contributed by atoms with van der Waals surface area (Å²) in [5.41, 5.74) is 1.85. The van der Waals surface area contributed by atoms with Crippen LogP contribution < -0.4 is 5.32 Å². The highest BCUT2D eigenvalue weighted by atomic mass is 32.2. The third-order valence-electron chi connectivity index (χ3n) is 3.03. The summed E-state index contributed by atoms with van der Waals surface area (Å²) >= 11 is 0. The molecule has 0 radical (unpaired) electrons. The van der Waals surface area contributed by atoms with Gasteiger partial charge in [-0.05, 0) is 26.6 Å². The van der Waals surface area contributed by atoms with Crippen LogP contribution in [0.2, 0.25) is 0 Å². The number of rotatable bonds is 8. The van der Waals surface area contributed by atoms with E-state index in [1.54, 1.807) is 0 Å². The summed E-state index contributed by atoms with van der Waals surface area (Å²) in [7, 11) is 0.575. The minimum atomic E-state index is -3.26. The Kier molecular flexibility index (Phi) is 6.84. The van der Waals surface area contributed by atoms with Crippen molar-refractivity contribution in [3.8, 4) is 0 Å². The first-order valence-electron chi connectivity index (χ1n) is 6.96. The van der Waals surface area contributed by atoms with Gasteiger partial charge < -0.3 is 10.2 Å². The van der Waals surface area contributed by atoms with Gasteiger partial charge >= 0.3 is 0 Å². The maximum atomic E-state index is 12.0. The summed E-state index contributed by atoms with van der Waals surface area (Å²) in [4.78, 5) is 13.5. The Morgan fingerprint density at radius 1 is 1.19 bits per heavy atom. The predicted octanol–water partition coefficient (Wildman–Crippen LogP) is 0.978. The van der Waals surface area contributed by atoms with Crippen LogP contribution in [0.1, 0.15) is 17.5 Å². The van der Waals surface area contributed by atoms with E-state index in [1.165, 1.54) is 0 Å². The van der Waals surface area contributed by atoms with E-state index in [2.05, 4.69) is 5.32 Å². The van der Waals surface area contributed by atoms with Crippen molar-refractivity contribution in [1.29, 1.82) is 0 Å². The number of sulfone groups is 1. The molecule has 1 amide bonds. The molecule has 0 unspecified atom stereocenters. The maximum absolute atomic E-state index is 12.0. The van der Waals surface area contributed by atoms with E-state index in [-0.39, 0.29) is 23.8 Å². The van der Waals surface area contributed by atoms with Gasteiger partial charge in [0, 0.05) is 19.5 Å². The highest BCUT2D eigenvalue weighted by Gasteiger charge is 2.14. The Morgan fingerprint density at radius 2 is 1.81 bits per heavy atom. The van der Waals surface area contributed by atoms with E-state index in [0.29, 0.717) is 6.54 Å². The average molecular weight is 312 g/mol. The van der Waals surface area contributed by atoms with Gasteiger partial charge in [0.05, 0.1) is 11.5 Å². The molecule has 0 aliphatic carbocycles. The molecular formula is C15H24N2O3S. The molecule has 1 rings (SSSR count). The third-order valence-corrected chi connectivity index (χ3v) is 4.63. The molecule has 5 nitrogen and oxygen atoms in total. The summed E-state index contributed by atoms with van der Waals surface area (Å²) in [6.07, 6.45) is 0.0155. The van der Waals surface area contributed by atoms with E-state index in [1.807, 2.05) is 50.2 Å². The molecule has 0 fully saturated rings. The Morgan fingerprint density at radius 3 is 2.38 bits per heavy atom. The molecule has 0 aromatic heterocycles. The number of nitrogens with zero attached hydrogens (tertiary/aromatic N) is 1. The minimum absolute atomic E-state index is 0.0155. The first-order chi connectivity index (χ1) is 9.78. The number of likely N-dealkylation sites (N-methyl/N-ethyl adjacent to an activating group) is 1. The summed E-state index contributed by atoms with van der Waals surface area (Å²) in [6.45, 7) is 3.22. The summed E-state index contributed by atoms with van der Waals surface area (Å²) < 4.78 is 24.0. The molecule has 0 spiro atoms. The standard InChI is InChI=1S/C15H24N2O3S/c1-13-4-6-14(7-5-13)12-21(19,20)11-8-15(18)16-9-10-17(2)3/h4-7H,8-12H2,1-3H3,(H,16,18).